The van der Waals surface area contributed by atoms with E-state index in [4.69, 9.17) is 10.7 Å². The second-order valence-electron chi connectivity index (χ2n) is 8.22. The molecule has 0 unspecified atom stereocenters. The predicted octanol–water partition coefficient (Wildman–Crippen LogP) is 5.01. The van der Waals surface area contributed by atoms with Gasteiger partial charge in [0, 0.05) is 17.8 Å². The first-order valence-corrected chi connectivity index (χ1v) is 11.8. The summed E-state index contributed by atoms with van der Waals surface area (Å²) >= 11 is 1.44. The van der Waals surface area contributed by atoms with Crippen LogP contribution >= 0.6 is 11.3 Å². The minimum absolute atomic E-state index is 0.00791. The quantitative estimate of drug-likeness (QED) is 0.324. The Balaban J connectivity index is 1.42. The predicted molar refractivity (Wildman–Crippen MR) is 140 cm³/mol. The number of rotatable bonds is 4. The Morgan fingerprint density at radius 2 is 1.86 bits per heavy atom. The van der Waals surface area contributed by atoms with E-state index in [9.17, 15) is 4.79 Å². The van der Waals surface area contributed by atoms with Crippen LogP contribution in [0.15, 0.2) is 60.0 Å². The van der Waals surface area contributed by atoms with Gasteiger partial charge in [0.25, 0.3) is 5.91 Å². The number of pyridine rings is 1. The molecule has 4 heterocycles. The van der Waals surface area contributed by atoms with Crippen LogP contribution in [0, 0.1) is 6.92 Å². The highest BCUT2D eigenvalue weighted by Crippen LogP contribution is 2.30. The number of aryl methyl sites for hydroxylation is 2. The van der Waals surface area contributed by atoms with E-state index in [0.717, 1.165) is 37.8 Å². The molecule has 9 nitrogen and oxygen atoms in total. The molecule has 0 atom stereocenters. The number of anilines is 4. The highest BCUT2D eigenvalue weighted by Gasteiger charge is 2.17. The fourth-order valence-corrected chi connectivity index (χ4v) is 4.84. The molecule has 0 aliphatic heterocycles. The van der Waals surface area contributed by atoms with Crippen LogP contribution in [-0.2, 0) is 7.05 Å². The molecule has 0 radical (unpaired) electrons. The lowest BCUT2D eigenvalue weighted by Crippen LogP contribution is -2.18. The average molecular weight is 481 g/mol. The number of nitrogen functional groups attached to an aromatic ring is 1. The monoisotopic (exact) mass is 480 g/mol. The zero-order valence-electron chi connectivity index (χ0n) is 18.9. The van der Waals surface area contributed by atoms with Crippen LogP contribution in [0.5, 0.6) is 0 Å². The molecule has 4 N–H and O–H groups in total. The number of nitrogens with zero attached hydrogens (tertiary/aromatic N) is 5. The summed E-state index contributed by atoms with van der Waals surface area (Å²) in [6, 6.07) is 17.6. The molecule has 0 fully saturated rings. The fraction of sp³-hybridized carbons (Fsp3) is 0.0800. The van der Waals surface area contributed by atoms with Gasteiger partial charge in [-0.1, -0.05) is 35.9 Å². The molecule has 0 spiro atoms. The number of thiophene rings is 1. The second kappa shape index (κ2) is 8.03. The van der Waals surface area contributed by atoms with Gasteiger partial charge >= 0.3 is 0 Å². The smallest absolute Gasteiger partial charge is 0.294 e. The number of amides is 1. The zero-order chi connectivity index (χ0) is 24.1. The third-order valence-electron chi connectivity index (χ3n) is 5.74. The first kappa shape index (κ1) is 21.0. The van der Waals surface area contributed by atoms with Gasteiger partial charge in [-0.3, -0.25) is 9.48 Å². The van der Waals surface area contributed by atoms with Crippen LogP contribution < -0.4 is 16.4 Å². The van der Waals surface area contributed by atoms with Gasteiger partial charge in [0.15, 0.2) is 0 Å². The third kappa shape index (κ3) is 3.69. The number of nitrogens with one attached hydrogen (secondary N) is 2. The highest BCUT2D eigenvalue weighted by atomic mass is 32.1. The number of hydrogen-bond donors (Lipinski definition) is 3. The van der Waals surface area contributed by atoms with Gasteiger partial charge in [-0.25, -0.2) is 15.0 Å². The van der Waals surface area contributed by atoms with Crippen molar-refractivity contribution >= 4 is 72.4 Å². The molecular weight excluding hydrogens is 460 g/mol. The maximum absolute atomic E-state index is 13.1. The maximum atomic E-state index is 13.1. The van der Waals surface area contributed by atoms with Crippen LogP contribution in [0.1, 0.15) is 16.2 Å². The summed E-state index contributed by atoms with van der Waals surface area (Å²) < 4.78 is 2.53. The van der Waals surface area contributed by atoms with Crippen molar-refractivity contribution in [2.24, 2.45) is 7.05 Å². The molecule has 35 heavy (non-hydrogen) atoms. The largest absolute Gasteiger partial charge is 0.382 e. The van der Waals surface area contributed by atoms with Crippen molar-refractivity contribution in [1.82, 2.24) is 24.7 Å². The van der Waals surface area contributed by atoms with Crippen LogP contribution in [0.2, 0.25) is 0 Å². The van der Waals surface area contributed by atoms with Crippen LogP contribution in [-0.4, -0.2) is 30.6 Å². The minimum Gasteiger partial charge on any atom is -0.382 e. The average Bonchev–Trinajstić information content (AvgIpc) is 3.43. The highest BCUT2D eigenvalue weighted by molar-refractivity contribution is 7.17. The lowest BCUT2D eigenvalue weighted by atomic mass is 10.1. The van der Waals surface area contributed by atoms with E-state index in [-0.39, 0.29) is 11.6 Å². The summed E-state index contributed by atoms with van der Waals surface area (Å²) in [6.07, 6.45) is 0. The Morgan fingerprint density at radius 3 is 2.74 bits per heavy atom. The molecule has 172 valence electrons. The Kier molecular flexibility index (Phi) is 4.82. The van der Waals surface area contributed by atoms with Gasteiger partial charge in [0.05, 0.1) is 15.7 Å². The summed E-state index contributed by atoms with van der Waals surface area (Å²) in [4.78, 5) is 26.4. The molecular formula is C25H20N8OS. The van der Waals surface area contributed by atoms with Crippen molar-refractivity contribution in [3.8, 4) is 0 Å². The minimum atomic E-state index is -0.484. The number of carbonyl (C=O) groups is 1. The molecule has 2 aromatic carbocycles. The number of fused-ring (bicyclic) bond motifs is 3. The number of hydrogen-bond acceptors (Lipinski definition) is 8. The van der Waals surface area contributed by atoms with Crippen molar-refractivity contribution < 1.29 is 4.79 Å². The molecule has 0 saturated carbocycles. The van der Waals surface area contributed by atoms with E-state index in [2.05, 4.69) is 25.7 Å². The number of aromatic nitrogens is 5. The molecule has 1 amide bonds. The van der Waals surface area contributed by atoms with Gasteiger partial charge in [0.1, 0.15) is 23.3 Å². The first-order chi connectivity index (χ1) is 17.0. The van der Waals surface area contributed by atoms with Crippen LogP contribution in [0.3, 0.4) is 0 Å². The summed E-state index contributed by atoms with van der Waals surface area (Å²) in [5, 5.41) is 15.4. The number of carbonyl (C=O) groups excluding carboxylic acids is 1. The van der Waals surface area contributed by atoms with Crippen molar-refractivity contribution in [1.29, 1.82) is 0 Å². The molecule has 0 bridgehead atoms. The summed E-state index contributed by atoms with van der Waals surface area (Å²) in [5.74, 6) is 1.56. The van der Waals surface area contributed by atoms with Crippen LogP contribution in [0.4, 0.5) is 23.3 Å². The number of benzene rings is 2. The van der Waals surface area contributed by atoms with Gasteiger partial charge in [0.2, 0.25) is 5.82 Å². The Hall–Kier alpha value is -4.57. The van der Waals surface area contributed by atoms with Gasteiger partial charge < -0.3 is 16.4 Å². The van der Waals surface area contributed by atoms with E-state index < -0.39 is 5.91 Å². The standard InChI is InChI=1S/C25H20N8OS/c1-13-7-8-15-14(11-13)12-19(29-24-16-5-3-4-6-17(16)32-33(24)2)28-22(15)31-25(34)23-27-18-9-10-35-20(18)21(26)30-23/h3-12H,1-2H3,(H2,26,27,30)(H2,28,29,31,34). The normalized spacial score (nSPS) is 11.4. The summed E-state index contributed by atoms with van der Waals surface area (Å²) in [5.41, 5.74) is 8.65. The topological polar surface area (TPSA) is 124 Å². The van der Waals surface area contributed by atoms with E-state index >= 15 is 0 Å². The van der Waals surface area contributed by atoms with Gasteiger partial charge in [-0.05, 0) is 42.0 Å². The molecule has 6 rings (SSSR count). The lowest BCUT2D eigenvalue weighted by Gasteiger charge is -2.13. The van der Waals surface area contributed by atoms with E-state index in [1.165, 1.54) is 11.3 Å². The Labute approximate surface area is 203 Å². The lowest BCUT2D eigenvalue weighted by molar-refractivity contribution is 0.101. The molecule has 0 aliphatic rings. The van der Waals surface area contributed by atoms with E-state index in [0.29, 0.717) is 17.2 Å². The molecule has 6 aromatic rings. The third-order valence-corrected chi connectivity index (χ3v) is 6.66. The first-order valence-electron chi connectivity index (χ1n) is 10.9. The van der Waals surface area contributed by atoms with Crippen molar-refractivity contribution in [2.75, 3.05) is 16.4 Å². The molecule has 4 aromatic heterocycles. The summed E-state index contributed by atoms with van der Waals surface area (Å²) in [6.45, 7) is 2.02. The van der Waals surface area contributed by atoms with E-state index in [1.807, 2.05) is 73.9 Å². The fourth-order valence-electron chi connectivity index (χ4n) is 4.10. The SMILES string of the molecule is Cc1ccc2c(NC(=O)c3nc(N)c4sccc4n3)nc(Nc3c4ccccc4nn3C)cc2c1. The van der Waals surface area contributed by atoms with Crippen molar-refractivity contribution in [3.05, 3.63) is 71.4 Å². The summed E-state index contributed by atoms with van der Waals surface area (Å²) in [7, 11) is 1.87. The van der Waals surface area contributed by atoms with Gasteiger partial charge in [-0.15, -0.1) is 11.3 Å². The van der Waals surface area contributed by atoms with Crippen LogP contribution in [0.25, 0.3) is 31.9 Å². The second-order valence-corrected chi connectivity index (χ2v) is 9.13. The molecule has 10 heteroatoms. The maximum Gasteiger partial charge on any atom is 0.294 e. The van der Waals surface area contributed by atoms with Gasteiger partial charge in [-0.2, -0.15) is 5.10 Å². The molecule has 0 aliphatic carbocycles. The number of nitrogens with two attached hydrogens (primary N) is 1. The zero-order valence-corrected chi connectivity index (χ0v) is 19.7. The Bertz CT molecular complexity index is 1770. The Morgan fingerprint density at radius 1 is 1.00 bits per heavy atom. The molecule has 0 saturated heterocycles. The van der Waals surface area contributed by atoms with Crippen molar-refractivity contribution in [2.45, 2.75) is 6.92 Å². The van der Waals surface area contributed by atoms with Crippen molar-refractivity contribution in [3.63, 3.8) is 0 Å². The van der Waals surface area contributed by atoms with E-state index in [1.54, 1.807) is 4.68 Å².